The third-order valence-corrected chi connectivity index (χ3v) is 3.22. The molecule has 2 heterocycles. The van der Waals surface area contributed by atoms with Crippen LogP contribution in [0, 0.1) is 5.95 Å². The third kappa shape index (κ3) is 3.77. The molecule has 2 aromatic rings. The van der Waals surface area contributed by atoms with Crippen LogP contribution in [0.2, 0.25) is 0 Å². The molecule has 0 aliphatic carbocycles. The Morgan fingerprint density at radius 1 is 1.45 bits per heavy atom. The number of urea groups is 1. The fraction of sp³-hybridized carbons (Fsp3) is 0.250. The first-order chi connectivity index (χ1) is 9.58. The van der Waals surface area contributed by atoms with Gasteiger partial charge in [-0.2, -0.15) is 9.49 Å². The van der Waals surface area contributed by atoms with Crippen LogP contribution in [-0.4, -0.2) is 20.8 Å². The van der Waals surface area contributed by atoms with Crippen molar-refractivity contribution in [1.82, 2.24) is 20.1 Å². The third-order valence-electron chi connectivity index (χ3n) is 2.54. The molecule has 8 heteroatoms. The summed E-state index contributed by atoms with van der Waals surface area (Å²) in [7, 11) is 0. The van der Waals surface area contributed by atoms with Crippen LogP contribution in [0.5, 0.6) is 0 Å². The molecular weight excluding hydrogens is 329 g/mol. The Hall–Kier alpha value is -1.96. The first-order valence-electron chi connectivity index (χ1n) is 5.97. The van der Waals surface area contributed by atoms with E-state index in [1.165, 1.54) is 6.07 Å². The molecule has 2 aromatic heterocycles. The van der Waals surface area contributed by atoms with Gasteiger partial charge in [0.25, 0.3) is 0 Å². The Morgan fingerprint density at radius 2 is 2.25 bits per heavy atom. The van der Waals surface area contributed by atoms with Crippen LogP contribution >= 0.6 is 15.9 Å². The van der Waals surface area contributed by atoms with Crippen LogP contribution in [0.3, 0.4) is 0 Å². The van der Waals surface area contributed by atoms with Gasteiger partial charge in [-0.3, -0.25) is 10.00 Å². The van der Waals surface area contributed by atoms with E-state index in [9.17, 15) is 9.18 Å². The number of rotatable bonds is 4. The second kappa shape index (κ2) is 6.47. The maximum Gasteiger partial charge on any atom is 0.320 e. The lowest BCUT2D eigenvalue weighted by Gasteiger charge is -2.07. The Morgan fingerprint density at radius 3 is 2.90 bits per heavy atom. The Balaban J connectivity index is 1.88. The number of aromatic nitrogens is 3. The summed E-state index contributed by atoms with van der Waals surface area (Å²) in [5, 5.41) is 9.38. The fourth-order valence-corrected chi connectivity index (χ4v) is 1.96. The van der Waals surface area contributed by atoms with E-state index in [1.807, 2.05) is 6.92 Å². The highest BCUT2D eigenvalue weighted by Gasteiger charge is 2.07. The summed E-state index contributed by atoms with van der Waals surface area (Å²) in [5.74, 6) is -0.101. The second-order valence-corrected chi connectivity index (χ2v) is 4.70. The Kier molecular flexibility index (Phi) is 4.67. The van der Waals surface area contributed by atoms with Crippen molar-refractivity contribution < 1.29 is 9.18 Å². The van der Waals surface area contributed by atoms with E-state index < -0.39 is 5.95 Å². The van der Waals surface area contributed by atoms with Gasteiger partial charge in [0, 0.05) is 30.9 Å². The number of hydrogen-bond acceptors (Lipinski definition) is 3. The predicted octanol–water partition coefficient (Wildman–Crippen LogP) is 2.52. The number of aryl methyl sites for hydroxylation is 1. The number of anilines is 1. The molecule has 106 valence electrons. The van der Waals surface area contributed by atoms with Crippen LogP contribution in [0.4, 0.5) is 15.0 Å². The lowest BCUT2D eigenvalue weighted by Crippen LogP contribution is -2.28. The average Bonchev–Trinajstić information content (AvgIpc) is 2.85. The second-order valence-electron chi connectivity index (χ2n) is 3.95. The molecule has 0 saturated carbocycles. The van der Waals surface area contributed by atoms with E-state index in [4.69, 9.17) is 0 Å². The average molecular weight is 342 g/mol. The number of carbonyl (C=O) groups excluding carboxylic acids is 1. The molecule has 6 nitrogen and oxygen atoms in total. The summed E-state index contributed by atoms with van der Waals surface area (Å²) >= 11 is 3.14. The van der Waals surface area contributed by atoms with Gasteiger partial charge in [-0.05, 0) is 28.9 Å². The van der Waals surface area contributed by atoms with Crippen LogP contribution in [0.1, 0.15) is 12.5 Å². The summed E-state index contributed by atoms with van der Waals surface area (Å²) < 4.78 is 14.9. The van der Waals surface area contributed by atoms with Crippen LogP contribution in [0.15, 0.2) is 29.0 Å². The summed E-state index contributed by atoms with van der Waals surface area (Å²) in [4.78, 5) is 15.3. The van der Waals surface area contributed by atoms with Gasteiger partial charge < -0.3 is 5.32 Å². The van der Waals surface area contributed by atoms with Gasteiger partial charge in [-0.25, -0.2) is 9.78 Å². The molecule has 0 atom stereocenters. The van der Waals surface area contributed by atoms with Crippen molar-refractivity contribution in [2.45, 2.75) is 20.0 Å². The molecule has 20 heavy (non-hydrogen) atoms. The number of nitrogens with one attached hydrogen (secondary N) is 2. The number of carbonyl (C=O) groups is 1. The fourth-order valence-electron chi connectivity index (χ4n) is 1.51. The topological polar surface area (TPSA) is 71.8 Å². The van der Waals surface area contributed by atoms with Crippen molar-refractivity contribution in [3.8, 4) is 0 Å². The number of amides is 2. The SMILES string of the molecule is CCn1ccc(NC(=O)NCc2ccc(F)nc2Br)n1. The van der Waals surface area contributed by atoms with Gasteiger partial charge in [0.05, 0.1) is 0 Å². The molecule has 2 amide bonds. The summed E-state index contributed by atoms with van der Waals surface area (Å²) in [6, 6.07) is 4.11. The summed E-state index contributed by atoms with van der Waals surface area (Å²) in [6.07, 6.45) is 1.77. The van der Waals surface area contributed by atoms with Crippen molar-refractivity contribution in [3.05, 3.63) is 40.5 Å². The minimum Gasteiger partial charge on any atom is -0.334 e. The monoisotopic (exact) mass is 341 g/mol. The van der Waals surface area contributed by atoms with Gasteiger partial charge in [0.1, 0.15) is 4.60 Å². The highest BCUT2D eigenvalue weighted by Crippen LogP contribution is 2.13. The van der Waals surface area contributed by atoms with E-state index in [0.717, 1.165) is 6.54 Å². The van der Waals surface area contributed by atoms with Crippen LogP contribution in [0.25, 0.3) is 0 Å². The van der Waals surface area contributed by atoms with Crippen molar-refractivity contribution >= 4 is 27.8 Å². The molecule has 2 rings (SSSR count). The molecule has 0 aliphatic heterocycles. The number of hydrogen-bond donors (Lipinski definition) is 2. The minimum absolute atomic E-state index is 0.230. The number of pyridine rings is 1. The normalized spacial score (nSPS) is 10.3. The lowest BCUT2D eigenvalue weighted by atomic mass is 10.3. The Bertz CT molecular complexity index is 616. The largest absolute Gasteiger partial charge is 0.334 e. The summed E-state index contributed by atoms with van der Waals surface area (Å²) in [6.45, 7) is 2.92. The zero-order valence-electron chi connectivity index (χ0n) is 10.7. The van der Waals surface area contributed by atoms with E-state index in [2.05, 4.69) is 36.6 Å². The van der Waals surface area contributed by atoms with Crippen molar-refractivity contribution in [3.63, 3.8) is 0 Å². The van der Waals surface area contributed by atoms with E-state index in [-0.39, 0.29) is 12.6 Å². The predicted molar refractivity (Wildman–Crippen MR) is 75.7 cm³/mol. The molecule has 0 radical (unpaired) electrons. The Labute approximate surface area is 123 Å². The maximum atomic E-state index is 12.8. The van der Waals surface area contributed by atoms with Gasteiger partial charge in [-0.15, -0.1) is 0 Å². The quantitative estimate of drug-likeness (QED) is 0.839. The highest BCUT2D eigenvalue weighted by molar-refractivity contribution is 9.10. The van der Waals surface area contributed by atoms with E-state index in [1.54, 1.807) is 23.0 Å². The van der Waals surface area contributed by atoms with Gasteiger partial charge in [0.2, 0.25) is 5.95 Å². The molecular formula is C12H13BrFN5O. The van der Waals surface area contributed by atoms with Gasteiger partial charge in [0.15, 0.2) is 5.82 Å². The van der Waals surface area contributed by atoms with Crippen LogP contribution in [-0.2, 0) is 13.1 Å². The van der Waals surface area contributed by atoms with E-state index in [0.29, 0.717) is 16.0 Å². The van der Waals surface area contributed by atoms with Gasteiger partial charge >= 0.3 is 6.03 Å². The van der Waals surface area contributed by atoms with Crippen molar-refractivity contribution in [1.29, 1.82) is 0 Å². The number of halogens is 2. The standard InChI is InChI=1S/C12H13BrFN5O/c1-2-19-6-5-10(18-19)17-12(20)15-7-8-3-4-9(14)16-11(8)13/h3-6H,2,7H2,1H3,(H2,15,17,18,20). The van der Waals surface area contributed by atoms with Crippen molar-refractivity contribution in [2.24, 2.45) is 0 Å². The van der Waals surface area contributed by atoms with Gasteiger partial charge in [-0.1, -0.05) is 6.07 Å². The zero-order chi connectivity index (χ0) is 14.5. The molecule has 0 aliphatic rings. The molecule has 0 spiro atoms. The lowest BCUT2D eigenvalue weighted by molar-refractivity contribution is 0.251. The summed E-state index contributed by atoms with van der Waals surface area (Å²) in [5.41, 5.74) is 0.681. The molecule has 2 N–H and O–H groups in total. The van der Waals surface area contributed by atoms with E-state index >= 15 is 0 Å². The minimum atomic E-state index is -0.574. The molecule has 0 aromatic carbocycles. The smallest absolute Gasteiger partial charge is 0.320 e. The molecule has 0 saturated heterocycles. The molecule has 0 fully saturated rings. The molecule has 0 unspecified atom stereocenters. The van der Waals surface area contributed by atoms with Crippen LogP contribution < -0.4 is 10.6 Å². The molecule has 0 bridgehead atoms. The zero-order valence-corrected chi connectivity index (χ0v) is 12.3. The highest BCUT2D eigenvalue weighted by atomic mass is 79.9. The maximum absolute atomic E-state index is 12.8. The number of nitrogens with zero attached hydrogens (tertiary/aromatic N) is 3. The first kappa shape index (κ1) is 14.4. The first-order valence-corrected chi connectivity index (χ1v) is 6.77. The van der Waals surface area contributed by atoms with Crippen molar-refractivity contribution in [2.75, 3.05) is 5.32 Å².